The normalized spacial score (nSPS) is 12.6. The van der Waals surface area contributed by atoms with Gasteiger partial charge in [-0.2, -0.15) is 8.78 Å². The number of hydrogen-bond acceptors (Lipinski definition) is 2. The summed E-state index contributed by atoms with van der Waals surface area (Å²) in [6.45, 7) is 4.45. The van der Waals surface area contributed by atoms with E-state index >= 15 is 0 Å². The zero-order valence-corrected chi connectivity index (χ0v) is 7.94. The van der Waals surface area contributed by atoms with Gasteiger partial charge in [0.2, 0.25) is 0 Å². The first-order chi connectivity index (χ1) is 5.52. The fraction of sp³-hybridized carbons (Fsp3) is 0.625. The van der Waals surface area contributed by atoms with Crippen LogP contribution in [0.15, 0.2) is 16.8 Å². The van der Waals surface area contributed by atoms with Crippen LogP contribution in [0.25, 0.3) is 0 Å². The maximum Gasteiger partial charge on any atom is 0.332 e. The van der Waals surface area contributed by atoms with Crippen LogP contribution < -0.4 is 5.73 Å². The standard InChI is InChI=1S/C6H10F2N2.C2H6/c1-4(9)3-5(2)10-6(7)8;1-2/h3,6H,9H2,1-2H3;1-2H3/b4-3-,10-5+;. The Hall–Kier alpha value is -0.930. The Balaban J connectivity index is 0. The highest BCUT2D eigenvalue weighted by molar-refractivity contribution is 5.93. The minimum Gasteiger partial charge on any atom is -0.402 e. The monoisotopic (exact) mass is 178 g/mol. The lowest BCUT2D eigenvalue weighted by atomic mass is 10.3. The summed E-state index contributed by atoms with van der Waals surface area (Å²) >= 11 is 0. The molecule has 4 heteroatoms. The molecule has 0 rings (SSSR count). The lowest BCUT2D eigenvalue weighted by Crippen LogP contribution is -1.97. The summed E-state index contributed by atoms with van der Waals surface area (Å²) in [6.07, 6.45) is 1.40. The van der Waals surface area contributed by atoms with Gasteiger partial charge < -0.3 is 5.73 Å². The molecule has 0 bridgehead atoms. The molecule has 0 aliphatic rings. The van der Waals surface area contributed by atoms with Crippen molar-refractivity contribution in [2.24, 2.45) is 10.7 Å². The van der Waals surface area contributed by atoms with Crippen molar-refractivity contribution in [1.29, 1.82) is 0 Å². The second-order valence-electron chi connectivity index (χ2n) is 1.94. The van der Waals surface area contributed by atoms with Gasteiger partial charge in [-0.05, 0) is 19.9 Å². The molecule has 72 valence electrons. The van der Waals surface area contributed by atoms with E-state index in [1.165, 1.54) is 13.0 Å². The molecule has 0 fully saturated rings. The number of rotatable bonds is 2. The Bertz CT molecular complexity index is 158. The third-order valence-electron chi connectivity index (χ3n) is 0.738. The Morgan fingerprint density at radius 3 is 2.00 bits per heavy atom. The zero-order valence-electron chi connectivity index (χ0n) is 7.94. The average Bonchev–Trinajstić information content (AvgIpc) is 1.87. The van der Waals surface area contributed by atoms with Gasteiger partial charge in [-0.1, -0.05) is 13.8 Å². The molecule has 0 radical (unpaired) electrons. The molecular weight excluding hydrogens is 162 g/mol. The average molecular weight is 178 g/mol. The number of allylic oxidation sites excluding steroid dienone is 2. The van der Waals surface area contributed by atoms with Crippen molar-refractivity contribution >= 4 is 5.71 Å². The molecule has 0 amide bonds. The topological polar surface area (TPSA) is 38.4 Å². The van der Waals surface area contributed by atoms with E-state index in [9.17, 15) is 8.78 Å². The van der Waals surface area contributed by atoms with Gasteiger partial charge in [0.25, 0.3) is 0 Å². The van der Waals surface area contributed by atoms with Crippen LogP contribution in [0, 0.1) is 0 Å². The quantitative estimate of drug-likeness (QED) is 0.512. The molecular formula is C8H16F2N2. The van der Waals surface area contributed by atoms with Crippen LogP contribution in [-0.2, 0) is 0 Å². The van der Waals surface area contributed by atoms with Crippen molar-refractivity contribution in [3.8, 4) is 0 Å². The second-order valence-corrected chi connectivity index (χ2v) is 1.94. The Morgan fingerprint density at radius 2 is 1.75 bits per heavy atom. The number of hydrogen-bond donors (Lipinski definition) is 1. The fourth-order valence-corrected chi connectivity index (χ4v) is 0.521. The first-order valence-electron chi connectivity index (χ1n) is 3.78. The van der Waals surface area contributed by atoms with Gasteiger partial charge in [0.15, 0.2) is 0 Å². The number of halogens is 2. The van der Waals surface area contributed by atoms with Crippen LogP contribution in [0.3, 0.4) is 0 Å². The number of alkyl halides is 2. The van der Waals surface area contributed by atoms with Crippen molar-refractivity contribution in [1.82, 2.24) is 0 Å². The highest BCUT2D eigenvalue weighted by Crippen LogP contribution is 1.95. The van der Waals surface area contributed by atoms with Gasteiger partial charge in [0.05, 0.1) is 0 Å². The first kappa shape index (κ1) is 13.6. The van der Waals surface area contributed by atoms with Crippen molar-refractivity contribution in [2.45, 2.75) is 34.2 Å². The molecule has 0 aliphatic heterocycles. The van der Waals surface area contributed by atoms with Crippen molar-refractivity contribution in [2.75, 3.05) is 0 Å². The number of nitrogens with two attached hydrogens (primary N) is 1. The predicted octanol–water partition coefficient (Wildman–Crippen LogP) is 2.56. The van der Waals surface area contributed by atoms with Crippen LogP contribution in [0.2, 0.25) is 0 Å². The van der Waals surface area contributed by atoms with Gasteiger partial charge in [0.1, 0.15) is 0 Å². The van der Waals surface area contributed by atoms with Gasteiger partial charge in [-0.3, -0.25) is 0 Å². The summed E-state index contributed by atoms with van der Waals surface area (Å²) in [6, 6.07) is 0. The molecule has 2 nitrogen and oxygen atoms in total. The molecule has 0 unspecified atom stereocenters. The molecule has 0 aliphatic carbocycles. The van der Waals surface area contributed by atoms with Crippen LogP contribution in [-0.4, -0.2) is 12.3 Å². The molecule has 2 N–H and O–H groups in total. The summed E-state index contributed by atoms with van der Waals surface area (Å²) in [7, 11) is 0. The molecule has 12 heavy (non-hydrogen) atoms. The van der Waals surface area contributed by atoms with E-state index in [-0.39, 0.29) is 5.71 Å². The van der Waals surface area contributed by atoms with E-state index in [1.54, 1.807) is 6.92 Å². The fourth-order valence-electron chi connectivity index (χ4n) is 0.521. The van der Waals surface area contributed by atoms with Gasteiger partial charge in [-0.15, -0.1) is 0 Å². The van der Waals surface area contributed by atoms with E-state index in [0.717, 1.165) is 0 Å². The van der Waals surface area contributed by atoms with Crippen LogP contribution in [0.1, 0.15) is 27.7 Å². The molecule has 0 saturated carbocycles. The lowest BCUT2D eigenvalue weighted by Gasteiger charge is -1.92. The first-order valence-corrected chi connectivity index (χ1v) is 3.78. The summed E-state index contributed by atoms with van der Waals surface area (Å²) in [5.74, 6) is 0. The van der Waals surface area contributed by atoms with Gasteiger partial charge in [0, 0.05) is 11.4 Å². The molecule has 0 aromatic carbocycles. The van der Waals surface area contributed by atoms with Crippen molar-refractivity contribution in [3.63, 3.8) is 0 Å². The summed E-state index contributed by atoms with van der Waals surface area (Å²) in [4.78, 5) is 2.94. The number of aliphatic imine (C=N–C) groups is 1. The maximum atomic E-state index is 11.5. The van der Waals surface area contributed by atoms with Gasteiger partial charge in [-0.25, -0.2) is 4.99 Å². The third kappa shape index (κ3) is 11.8. The Kier molecular flexibility index (Phi) is 9.29. The molecule has 0 spiro atoms. The van der Waals surface area contributed by atoms with Crippen LogP contribution in [0.5, 0.6) is 0 Å². The minimum absolute atomic E-state index is 0.245. The molecule has 0 saturated heterocycles. The van der Waals surface area contributed by atoms with E-state index in [4.69, 9.17) is 5.73 Å². The molecule has 0 aromatic rings. The smallest absolute Gasteiger partial charge is 0.332 e. The SMILES string of the molecule is C/C(N)=C/C(C)=N/C(F)F.CC. The predicted molar refractivity (Wildman–Crippen MR) is 48.4 cm³/mol. The van der Waals surface area contributed by atoms with Crippen LogP contribution in [0.4, 0.5) is 8.78 Å². The maximum absolute atomic E-state index is 11.5. The highest BCUT2D eigenvalue weighted by atomic mass is 19.3. The number of nitrogens with zero attached hydrogens (tertiary/aromatic N) is 1. The molecule has 0 heterocycles. The highest BCUT2D eigenvalue weighted by Gasteiger charge is 1.95. The Labute approximate surface area is 72.2 Å². The Morgan fingerprint density at radius 1 is 1.33 bits per heavy atom. The summed E-state index contributed by atoms with van der Waals surface area (Å²) in [5.41, 5.74) is 5.92. The van der Waals surface area contributed by atoms with E-state index in [2.05, 4.69) is 4.99 Å². The molecule has 0 aromatic heterocycles. The summed E-state index contributed by atoms with van der Waals surface area (Å²) in [5, 5.41) is 0. The second kappa shape index (κ2) is 8.17. The summed E-state index contributed by atoms with van der Waals surface area (Å²) < 4.78 is 23.0. The molecule has 0 atom stereocenters. The van der Waals surface area contributed by atoms with E-state index in [0.29, 0.717) is 5.70 Å². The van der Waals surface area contributed by atoms with E-state index in [1.807, 2.05) is 13.8 Å². The van der Waals surface area contributed by atoms with Crippen LogP contribution >= 0.6 is 0 Å². The lowest BCUT2D eigenvalue weighted by molar-refractivity contribution is 0.160. The zero-order chi connectivity index (χ0) is 10.1. The van der Waals surface area contributed by atoms with E-state index < -0.39 is 6.55 Å². The van der Waals surface area contributed by atoms with Crippen molar-refractivity contribution < 1.29 is 8.78 Å². The van der Waals surface area contributed by atoms with Gasteiger partial charge >= 0.3 is 6.55 Å². The third-order valence-corrected chi connectivity index (χ3v) is 0.738. The minimum atomic E-state index is -2.64. The van der Waals surface area contributed by atoms with Crippen molar-refractivity contribution in [3.05, 3.63) is 11.8 Å². The largest absolute Gasteiger partial charge is 0.402 e.